The molecule has 1 saturated heterocycles. The molecule has 0 saturated carbocycles. The minimum atomic E-state index is -0.998. The van der Waals surface area contributed by atoms with Crippen molar-refractivity contribution in [2.75, 3.05) is 11.5 Å². The number of benzene rings is 2. The minimum absolute atomic E-state index is 0.0685. The first-order chi connectivity index (χ1) is 15.8. The largest absolute Gasteiger partial charge is 0.478 e. The molecule has 5 nitrogen and oxygen atoms in total. The highest BCUT2D eigenvalue weighted by atomic mass is 35.5. The van der Waals surface area contributed by atoms with Crippen LogP contribution in [0.3, 0.4) is 0 Å². The second-order valence-corrected chi connectivity index (χ2v) is 11.5. The van der Waals surface area contributed by atoms with E-state index in [4.69, 9.17) is 16.3 Å². The highest BCUT2D eigenvalue weighted by Gasteiger charge is 2.54. The van der Waals surface area contributed by atoms with E-state index in [2.05, 4.69) is 32.9 Å². The van der Waals surface area contributed by atoms with Crippen LogP contribution in [0, 0.1) is 5.41 Å². The van der Waals surface area contributed by atoms with Crippen molar-refractivity contribution in [2.24, 2.45) is 5.41 Å². The average molecular weight is 482 g/mol. The lowest BCUT2D eigenvalue weighted by atomic mass is 9.68. The first-order valence-electron chi connectivity index (χ1n) is 11.6. The van der Waals surface area contributed by atoms with E-state index in [-0.39, 0.29) is 23.3 Å². The van der Waals surface area contributed by atoms with E-state index < -0.39 is 17.0 Å². The van der Waals surface area contributed by atoms with Crippen LogP contribution in [0.15, 0.2) is 54.2 Å². The Morgan fingerprint density at radius 2 is 1.82 bits per heavy atom. The summed E-state index contributed by atoms with van der Waals surface area (Å²) >= 11 is 6.73. The fourth-order valence-electron chi connectivity index (χ4n) is 4.89. The number of fused-ring (bicyclic) bond motifs is 1. The zero-order valence-corrected chi connectivity index (χ0v) is 21.2. The van der Waals surface area contributed by atoms with Gasteiger partial charge in [0.2, 0.25) is 5.91 Å². The van der Waals surface area contributed by atoms with E-state index >= 15 is 0 Å². The van der Waals surface area contributed by atoms with Crippen molar-refractivity contribution >= 4 is 29.2 Å². The molecule has 0 spiro atoms. The maximum Gasteiger partial charge on any atom is 0.335 e. The monoisotopic (exact) mass is 481 g/mol. The second-order valence-electron chi connectivity index (χ2n) is 11.1. The van der Waals surface area contributed by atoms with E-state index in [0.29, 0.717) is 12.3 Å². The molecule has 34 heavy (non-hydrogen) atoms. The van der Waals surface area contributed by atoms with Crippen LogP contribution in [0.2, 0.25) is 5.02 Å². The molecule has 0 aromatic heterocycles. The van der Waals surface area contributed by atoms with Crippen LogP contribution in [-0.4, -0.2) is 29.2 Å². The van der Waals surface area contributed by atoms with Crippen molar-refractivity contribution in [3.8, 4) is 0 Å². The summed E-state index contributed by atoms with van der Waals surface area (Å²) in [6, 6.07) is 12.5. The molecule has 2 heterocycles. The van der Waals surface area contributed by atoms with E-state index in [0.717, 1.165) is 34.6 Å². The van der Waals surface area contributed by atoms with Crippen LogP contribution in [0.5, 0.6) is 0 Å². The van der Waals surface area contributed by atoms with Gasteiger partial charge in [0, 0.05) is 23.3 Å². The van der Waals surface area contributed by atoms with Crippen molar-refractivity contribution in [1.82, 2.24) is 0 Å². The number of ether oxygens (including phenoxy) is 1. The molecule has 0 bridgehead atoms. The molecule has 4 rings (SSSR count). The van der Waals surface area contributed by atoms with E-state index in [1.807, 2.05) is 26.1 Å². The topological polar surface area (TPSA) is 66.8 Å². The van der Waals surface area contributed by atoms with Crippen molar-refractivity contribution in [1.29, 1.82) is 0 Å². The van der Waals surface area contributed by atoms with Gasteiger partial charge in [-0.25, -0.2) is 4.79 Å². The zero-order valence-electron chi connectivity index (χ0n) is 20.4. The third-order valence-corrected chi connectivity index (χ3v) is 7.32. The summed E-state index contributed by atoms with van der Waals surface area (Å²) in [4.78, 5) is 26.2. The van der Waals surface area contributed by atoms with Crippen molar-refractivity contribution in [3.63, 3.8) is 0 Å². The minimum Gasteiger partial charge on any atom is -0.478 e. The highest BCUT2D eigenvalue weighted by Crippen LogP contribution is 2.52. The number of carboxylic acid groups (broad SMARTS) is 1. The number of carboxylic acids is 1. The Morgan fingerprint density at radius 3 is 2.41 bits per heavy atom. The van der Waals surface area contributed by atoms with Gasteiger partial charge in [-0.15, -0.1) is 0 Å². The number of nitrogens with zero attached hydrogens (tertiary/aromatic N) is 1. The molecule has 1 atom stereocenters. The second kappa shape index (κ2) is 8.54. The third-order valence-electron chi connectivity index (χ3n) is 6.97. The molecule has 0 aliphatic carbocycles. The van der Waals surface area contributed by atoms with Crippen molar-refractivity contribution in [3.05, 3.63) is 76.0 Å². The molecule has 0 radical (unpaired) electrons. The van der Waals surface area contributed by atoms with Gasteiger partial charge in [0.1, 0.15) is 0 Å². The van der Waals surface area contributed by atoms with Crippen molar-refractivity contribution < 1.29 is 19.4 Å². The number of amides is 1. The number of halogens is 1. The Morgan fingerprint density at radius 1 is 1.15 bits per heavy atom. The molecule has 2 aromatic rings. The Balaban J connectivity index is 1.72. The van der Waals surface area contributed by atoms with Crippen LogP contribution in [0.1, 0.15) is 68.9 Å². The van der Waals surface area contributed by atoms with Gasteiger partial charge in [-0.1, -0.05) is 44.5 Å². The van der Waals surface area contributed by atoms with Gasteiger partial charge in [0.15, 0.2) is 0 Å². The van der Waals surface area contributed by atoms with Gasteiger partial charge < -0.3 is 9.84 Å². The summed E-state index contributed by atoms with van der Waals surface area (Å²) in [6.45, 7) is 11.1. The van der Waals surface area contributed by atoms with Gasteiger partial charge >= 0.3 is 5.97 Å². The number of rotatable bonds is 5. The predicted octanol–water partition coefficient (Wildman–Crippen LogP) is 6.38. The normalized spacial score (nSPS) is 21.9. The predicted molar refractivity (Wildman–Crippen MR) is 135 cm³/mol. The summed E-state index contributed by atoms with van der Waals surface area (Å²) in [6.07, 6.45) is 4.06. The summed E-state index contributed by atoms with van der Waals surface area (Å²) in [5.41, 5.74) is 3.02. The van der Waals surface area contributed by atoms with Gasteiger partial charge in [-0.05, 0) is 79.1 Å². The number of aryl methyl sites for hydroxylation is 1. The Hall–Kier alpha value is -2.63. The van der Waals surface area contributed by atoms with Crippen LogP contribution >= 0.6 is 11.6 Å². The lowest BCUT2D eigenvalue weighted by Gasteiger charge is -2.39. The molecule has 6 heteroatoms. The number of carbonyl (C=O) groups is 2. The fourth-order valence-corrected chi connectivity index (χ4v) is 5.16. The standard InChI is InChI=1S/C28H32ClNO4/c1-26(2,3)13-12-18-6-9-20(14-22(18)29)28-15-24(31)30(16-23(28)27(4,5)34-17-28)21-10-7-19(8-11-21)25(32)33/h6-11,14,16H,12-13,15,17H2,1-5H3,(H,32,33). The number of carbonyl (C=O) groups excluding carboxylic acids is 1. The molecular formula is C28H32ClNO4. The van der Waals surface area contributed by atoms with Gasteiger partial charge in [-0.2, -0.15) is 0 Å². The first kappa shape index (κ1) is 24.5. The highest BCUT2D eigenvalue weighted by molar-refractivity contribution is 6.31. The maximum atomic E-state index is 13.4. The van der Waals surface area contributed by atoms with Gasteiger partial charge in [-0.3, -0.25) is 9.69 Å². The smallest absolute Gasteiger partial charge is 0.335 e. The van der Waals surface area contributed by atoms with Crippen LogP contribution in [-0.2, 0) is 21.4 Å². The lowest BCUT2D eigenvalue weighted by Crippen LogP contribution is -2.44. The van der Waals surface area contributed by atoms with Crippen LogP contribution in [0.25, 0.3) is 0 Å². The third kappa shape index (κ3) is 4.51. The summed E-state index contributed by atoms with van der Waals surface area (Å²) in [5, 5.41) is 9.91. The fraction of sp³-hybridized carbons (Fsp3) is 0.429. The molecule has 1 N–H and O–H groups in total. The average Bonchev–Trinajstić information content (AvgIpc) is 3.02. The number of hydrogen-bond acceptors (Lipinski definition) is 3. The molecular weight excluding hydrogens is 450 g/mol. The molecule has 1 amide bonds. The number of anilines is 1. The maximum absolute atomic E-state index is 13.4. The number of aromatic carboxylic acids is 1. The molecule has 2 aromatic carbocycles. The van der Waals surface area contributed by atoms with Crippen LogP contribution in [0.4, 0.5) is 5.69 Å². The molecule has 1 fully saturated rings. The van der Waals surface area contributed by atoms with E-state index in [1.165, 1.54) is 12.1 Å². The molecule has 180 valence electrons. The van der Waals surface area contributed by atoms with Crippen LogP contribution < -0.4 is 4.90 Å². The van der Waals surface area contributed by atoms with E-state index in [9.17, 15) is 14.7 Å². The quantitative estimate of drug-likeness (QED) is 0.537. The van der Waals surface area contributed by atoms with Crippen molar-refractivity contribution in [2.45, 2.75) is 64.9 Å². The SMILES string of the molecule is CC(C)(C)CCc1ccc(C23COC(C)(C)C2=CN(c2ccc(C(=O)O)cc2)C(=O)C3)cc1Cl. The van der Waals surface area contributed by atoms with Gasteiger partial charge in [0.25, 0.3) is 0 Å². The number of hydrogen-bond donors (Lipinski definition) is 1. The Labute approximate surface area is 206 Å². The summed E-state index contributed by atoms with van der Waals surface area (Å²) < 4.78 is 6.22. The molecule has 2 aliphatic heterocycles. The lowest BCUT2D eigenvalue weighted by molar-refractivity contribution is -0.119. The Kier molecular flexibility index (Phi) is 6.16. The first-order valence-corrected chi connectivity index (χ1v) is 12.0. The molecule has 2 aliphatic rings. The summed E-state index contributed by atoms with van der Waals surface area (Å²) in [5.74, 6) is -1.07. The zero-order chi connectivity index (χ0) is 24.9. The Bertz CT molecular complexity index is 1160. The van der Waals surface area contributed by atoms with Gasteiger partial charge in [0.05, 0.1) is 23.2 Å². The molecule has 1 unspecified atom stereocenters. The summed E-state index contributed by atoms with van der Waals surface area (Å²) in [7, 11) is 0. The van der Waals surface area contributed by atoms with E-state index in [1.54, 1.807) is 17.0 Å².